The fraction of sp³-hybridized carbons (Fsp3) is 0.357. The van der Waals surface area contributed by atoms with Crippen LogP contribution in [0.4, 0.5) is 5.69 Å². The lowest BCUT2D eigenvalue weighted by molar-refractivity contribution is -0.140. The van der Waals surface area contributed by atoms with Crippen molar-refractivity contribution in [2.75, 3.05) is 18.4 Å². The number of nitrogens with zero attached hydrogens (tertiary/aromatic N) is 1. The highest BCUT2D eigenvalue weighted by atomic mass is 16.2. The van der Waals surface area contributed by atoms with E-state index >= 15 is 0 Å². The van der Waals surface area contributed by atoms with Gasteiger partial charge >= 0.3 is 0 Å². The van der Waals surface area contributed by atoms with Crippen LogP contribution in [0.3, 0.4) is 0 Å². The van der Waals surface area contributed by atoms with E-state index in [1.54, 1.807) is 25.1 Å². The fourth-order valence-corrected chi connectivity index (χ4v) is 2.12. The molecule has 1 heterocycles. The molecule has 0 radical (unpaired) electrons. The van der Waals surface area contributed by atoms with Gasteiger partial charge in [-0.2, -0.15) is 0 Å². The molecule has 1 saturated heterocycles. The molecule has 2 rings (SSSR count). The van der Waals surface area contributed by atoms with E-state index in [4.69, 9.17) is 5.73 Å². The Labute approximate surface area is 122 Å². The third-order valence-electron chi connectivity index (χ3n) is 3.33. The molecule has 1 aliphatic heterocycles. The van der Waals surface area contributed by atoms with E-state index in [-0.39, 0.29) is 24.9 Å². The Bertz CT molecular complexity index is 573. The minimum Gasteiger partial charge on any atom is -0.326 e. The van der Waals surface area contributed by atoms with Crippen LogP contribution in [0.25, 0.3) is 0 Å². The summed E-state index contributed by atoms with van der Waals surface area (Å²) in [5, 5.41) is 4.97. The molecule has 112 valence electrons. The molecule has 7 heteroatoms. The zero-order valence-electron chi connectivity index (χ0n) is 11.8. The van der Waals surface area contributed by atoms with E-state index < -0.39 is 11.9 Å². The normalized spacial score (nSPS) is 19.2. The van der Waals surface area contributed by atoms with Gasteiger partial charge in [0.2, 0.25) is 17.7 Å². The summed E-state index contributed by atoms with van der Waals surface area (Å²) in [6.45, 7) is 2.06. The number of amides is 3. The van der Waals surface area contributed by atoms with Crippen molar-refractivity contribution in [3.05, 3.63) is 29.8 Å². The lowest BCUT2D eigenvalue weighted by Gasteiger charge is -2.30. The molecule has 21 heavy (non-hydrogen) atoms. The van der Waals surface area contributed by atoms with Crippen LogP contribution in [0.2, 0.25) is 0 Å². The predicted octanol–water partition coefficient (Wildman–Crippen LogP) is -0.569. The number of imide groups is 1. The smallest absolute Gasteiger partial charge is 0.243 e. The molecule has 1 aromatic rings. The van der Waals surface area contributed by atoms with Crippen molar-refractivity contribution in [2.24, 2.45) is 5.73 Å². The van der Waals surface area contributed by atoms with Crippen LogP contribution >= 0.6 is 0 Å². The third-order valence-corrected chi connectivity index (χ3v) is 3.33. The van der Waals surface area contributed by atoms with E-state index in [0.29, 0.717) is 12.2 Å². The highest BCUT2D eigenvalue weighted by Gasteiger charge is 2.31. The van der Waals surface area contributed by atoms with E-state index in [0.717, 1.165) is 5.56 Å². The minimum atomic E-state index is -0.510. The van der Waals surface area contributed by atoms with Gasteiger partial charge in [-0.1, -0.05) is 12.1 Å². The number of hydrogen-bond acceptors (Lipinski definition) is 5. The van der Waals surface area contributed by atoms with Crippen molar-refractivity contribution in [1.29, 1.82) is 0 Å². The van der Waals surface area contributed by atoms with Gasteiger partial charge in [-0.15, -0.1) is 0 Å². The van der Waals surface area contributed by atoms with Crippen molar-refractivity contribution in [2.45, 2.75) is 19.5 Å². The summed E-state index contributed by atoms with van der Waals surface area (Å²) in [6.07, 6.45) is 0. The molecule has 7 nitrogen and oxygen atoms in total. The number of anilines is 1. The van der Waals surface area contributed by atoms with Crippen molar-refractivity contribution in [3.63, 3.8) is 0 Å². The van der Waals surface area contributed by atoms with Crippen LogP contribution in [0.5, 0.6) is 0 Å². The zero-order chi connectivity index (χ0) is 15.4. The number of nitrogens with two attached hydrogens (primary N) is 1. The summed E-state index contributed by atoms with van der Waals surface area (Å²) in [5.41, 5.74) is 7.10. The van der Waals surface area contributed by atoms with E-state index in [9.17, 15) is 14.4 Å². The molecule has 0 aliphatic carbocycles. The number of nitrogens with one attached hydrogen (secondary N) is 2. The monoisotopic (exact) mass is 290 g/mol. The van der Waals surface area contributed by atoms with E-state index in [1.807, 2.05) is 6.07 Å². The van der Waals surface area contributed by atoms with E-state index in [1.165, 1.54) is 4.90 Å². The Morgan fingerprint density at radius 1 is 1.48 bits per heavy atom. The first-order chi connectivity index (χ1) is 9.99. The molecule has 1 unspecified atom stereocenters. The molecule has 0 aromatic heterocycles. The number of carbonyl (C=O) groups excluding carboxylic acids is 3. The van der Waals surface area contributed by atoms with Crippen molar-refractivity contribution < 1.29 is 14.4 Å². The lowest BCUT2D eigenvalue weighted by atomic mass is 10.2. The average Bonchev–Trinajstić information content (AvgIpc) is 2.44. The van der Waals surface area contributed by atoms with Gasteiger partial charge in [0.1, 0.15) is 0 Å². The number of carbonyl (C=O) groups is 3. The number of piperazine rings is 1. The molecule has 4 N–H and O–H groups in total. The van der Waals surface area contributed by atoms with Crippen LogP contribution in [0.1, 0.15) is 12.5 Å². The van der Waals surface area contributed by atoms with Crippen LogP contribution in [0.15, 0.2) is 24.3 Å². The molecule has 1 atom stereocenters. The van der Waals surface area contributed by atoms with Crippen molar-refractivity contribution >= 4 is 23.4 Å². The van der Waals surface area contributed by atoms with Crippen molar-refractivity contribution in [3.8, 4) is 0 Å². The van der Waals surface area contributed by atoms with Gasteiger partial charge in [-0.05, 0) is 24.6 Å². The van der Waals surface area contributed by atoms with Crippen molar-refractivity contribution in [1.82, 2.24) is 10.2 Å². The Morgan fingerprint density at radius 3 is 2.95 bits per heavy atom. The standard InChI is InChI=1S/C14H18N4O3/c1-9-14(21)17-13(20)8-18(9)7-12(19)16-11-4-2-3-10(5-11)6-15/h2-5,9H,6-8,15H2,1H3,(H,16,19)(H,17,20,21). The predicted molar refractivity (Wildman–Crippen MR) is 77.1 cm³/mol. The summed E-state index contributed by atoms with van der Waals surface area (Å²) < 4.78 is 0. The Balaban J connectivity index is 1.97. The van der Waals surface area contributed by atoms with Gasteiger partial charge in [-0.3, -0.25) is 24.6 Å². The van der Waals surface area contributed by atoms with Crippen LogP contribution in [-0.4, -0.2) is 41.8 Å². The third kappa shape index (κ3) is 3.87. The van der Waals surface area contributed by atoms with Gasteiger partial charge in [-0.25, -0.2) is 0 Å². The molecule has 1 aromatic carbocycles. The quantitative estimate of drug-likeness (QED) is 0.644. The van der Waals surface area contributed by atoms with Gasteiger partial charge in [0.25, 0.3) is 0 Å². The highest BCUT2D eigenvalue weighted by molar-refractivity contribution is 6.02. The molecule has 3 amide bonds. The van der Waals surface area contributed by atoms with Crippen LogP contribution in [0, 0.1) is 0 Å². The average molecular weight is 290 g/mol. The molecule has 0 saturated carbocycles. The summed E-state index contributed by atoms with van der Waals surface area (Å²) in [5.74, 6) is -1.06. The Kier molecular flexibility index (Phi) is 4.66. The number of rotatable bonds is 4. The second-order valence-corrected chi connectivity index (χ2v) is 4.95. The molecule has 0 spiro atoms. The first-order valence-electron chi connectivity index (χ1n) is 6.66. The van der Waals surface area contributed by atoms with Crippen LogP contribution < -0.4 is 16.4 Å². The maximum atomic E-state index is 12.0. The van der Waals surface area contributed by atoms with Gasteiger partial charge in [0.05, 0.1) is 19.1 Å². The first-order valence-corrected chi connectivity index (χ1v) is 6.66. The Hall–Kier alpha value is -2.25. The maximum Gasteiger partial charge on any atom is 0.243 e. The molecular weight excluding hydrogens is 272 g/mol. The highest BCUT2D eigenvalue weighted by Crippen LogP contribution is 2.11. The van der Waals surface area contributed by atoms with Gasteiger partial charge in [0, 0.05) is 12.2 Å². The van der Waals surface area contributed by atoms with E-state index in [2.05, 4.69) is 10.6 Å². The summed E-state index contributed by atoms with van der Waals surface area (Å²) >= 11 is 0. The van der Waals surface area contributed by atoms with Gasteiger partial charge in [0.15, 0.2) is 0 Å². The van der Waals surface area contributed by atoms with Crippen LogP contribution in [-0.2, 0) is 20.9 Å². The summed E-state index contributed by atoms with van der Waals surface area (Å²) in [4.78, 5) is 36.4. The topological polar surface area (TPSA) is 105 Å². The number of hydrogen-bond donors (Lipinski definition) is 3. The fourth-order valence-electron chi connectivity index (χ4n) is 2.12. The molecule has 1 aliphatic rings. The summed E-state index contributed by atoms with van der Waals surface area (Å²) in [7, 11) is 0. The second kappa shape index (κ2) is 6.47. The minimum absolute atomic E-state index is 0.0207. The molecular formula is C14H18N4O3. The molecule has 1 fully saturated rings. The second-order valence-electron chi connectivity index (χ2n) is 4.95. The Morgan fingerprint density at radius 2 is 2.24 bits per heavy atom. The lowest BCUT2D eigenvalue weighted by Crippen LogP contribution is -2.58. The first kappa shape index (κ1) is 15.1. The molecule has 0 bridgehead atoms. The summed E-state index contributed by atoms with van der Waals surface area (Å²) in [6, 6.07) is 6.71. The zero-order valence-corrected chi connectivity index (χ0v) is 11.8. The maximum absolute atomic E-state index is 12.0. The largest absolute Gasteiger partial charge is 0.326 e. The van der Waals surface area contributed by atoms with Gasteiger partial charge < -0.3 is 11.1 Å². The SMILES string of the molecule is CC1C(=O)NC(=O)CN1CC(=O)Nc1cccc(CN)c1. The number of benzene rings is 1.